The fourth-order valence-corrected chi connectivity index (χ4v) is 2.42. The number of ether oxygens (including phenoxy) is 1. The van der Waals surface area contributed by atoms with E-state index in [1.165, 1.54) is 0 Å². The highest BCUT2D eigenvalue weighted by Gasteiger charge is 2.29. The van der Waals surface area contributed by atoms with E-state index in [0.29, 0.717) is 0 Å². The van der Waals surface area contributed by atoms with Gasteiger partial charge in [-0.2, -0.15) is 5.10 Å². The van der Waals surface area contributed by atoms with Crippen LogP contribution in [0, 0.1) is 0 Å². The van der Waals surface area contributed by atoms with E-state index in [0.717, 1.165) is 37.4 Å². The summed E-state index contributed by atoms with van der Waals surface area (Å²) in [5, 5.41) is 7.72. The molecule has 1 aliphatic rings. The molecule has 0 spiro atoms. The number of piperidine rings is 1. The van der Waals surface area contributed by atoms with Crippen LogP contribution in [0.2, 0.25) is 0 Å². The molecule has 2 aromatic rings. The molecule has 1 saturated heterocycles. The number of hydrogen-bond donors (Lipinski definition) is 1. The third-order valence-corrected chi connectivity index (χ3v) is 3.61. The summed E-state index contributed by atoms with van der Waals surface area (Å²) in [6.07, 6.45) is 5.80. The first-order valence-electron chi connectivity index (χ1n) is 6.75. The lowest BCUT2D eigenvalue weighted by molar-refractivity contribution is 0.0556. The van der Waals surface area contributed by atoms with Crippen LogP contribution in [0.15, 0.2) is 42.7 Å². The highest BCUT2D eigenvalue weighted by Crippen LogP contribution is 2.26. The smallest absolute Gasteiger partial charge is 0.158 e. The van der Waals surface area contributed by atoms with Crippen LogP contribution in [-0.4, -0.2) is 28.5 Å². The van der Waals surface area contributed by atoms with Crippen molar-refractivity contribution in [2.45, 2.75) is 25.4 Å². The maximum absolute atomic E-state index is 6.12. The lowest BCUT2D eigenvalue weighted by Crippen LogP contribution is -2.43. The zero-order valence-electron chi connectivity index (χ0n) is 11.2. The molecule has 19 heavy (non-hydrogen) atoms. The Morgan fingerprint density at radius 2 is 1.95 bits per heavy atom. The second-order valence-corrected chi connectivity index (χ2v) is 5.26. The maximum atomic E-state index is 6.12. The first kappa shape index (κ1) is 12.2. The average Bonchev–Trinajstić information content (AvgIpc) is 2.88. The molecule has 1 aromatic heterocycles. The number of rotatable bonds is 3. The van der Waals surface area contributed by atoms with E-state index >= 15 is 0 Å². The van der Waals surface area contributed by atoms with Gasteiger partial charge < -0.3 is 10.1 Å². The Bertz CT molecular complexity index is 529. The predicted molar refractivity (Wildman–Crippen MR) is 74.7 cm³/mol. The fraction of sp³-hybridized carbons (Fsp3) is 0.400. The number of hydrogen-bond acceptors (Lipinski definition) is 3. The van der Waals surface area contributed by atoms with Crippen molar-refractivity contribution < 1.29 is 4.74 Å². The molecule has 0 saturated carbocycles. The Labute approximate surface area is 113 Å². The second kappa shape index (κ2) is 5.05. The number of nitrogens with one attached hydrogen (secondary N) is 1. The molecule has 0 radical (unpaired) electrons. The number of para-hydroxylation sites is 1. The third kappa shape index (κ3) is 2.79. The summed E-state index contributed by atoms with van der Waals surface area (Å²) < 4.78 is 7.97. The van der Waals surface area contributed by atoms with Gasteiger partial charge >= 0.3 is 0 Å². The topological polar surface area (TPSA) is 39.1 Å². The van der Waals surface area contributed by atoms with Crippen molar-refractivity contribution in [3.05, 3.63) is 42.7 Å². The van der Waals surface area contributed by atoms with E-state index in [1.54, 1.807) is 6.20 Å². The lowest BCUT2D eigenvalue weighted by Gasteiger charge is -2.34. The van der Waals surface area contributed by atoms with Crippen LogP contribution in [0.3, 0.4) is 0 Å². The zero-order chi connectivity index (χ0) is 13.1. The molecule has 2 heterocycles. The number of benzene rings is 1. The van der Waals surface area contributed by atoms with E-state index in [-0.39, 0.29) is 5.60 Å². The minimum atomic E-state index is -0.0736. The van der Waals surface area contributed by atoms with Crippen LogP contribution in [0.5, 0.6) is 5.75 Å². The minimum Gasteiger partial charge on any atom is -0.484 e. The standard InChI is InChI=1S/C15H19N3O/c1-15(7-9-16-10-8-15)19-14-11-17-18(12-14)13-5-3-2-4-6-13/h2-6,11-12,16H,7-10H2,1H3. The van der Waals surface area contributed by atoms with Gasteiger partial charge in [-0.05, 0) is 45.0 Å². The SMILES string of the molecule is CC1(Oc2cnn(-c3ccccc3)c2)CCNCC1. The summed E-state index contributed by atoms with van der Waals surface area (Å²) in [6.45, 7) is 4.21. The van der Waals surface area contributed by atoms with Gasteiger partial charge in [0.05, 0.1) is 18.1 Å². The predicted octanol–water partition coefficient (Wildman–Crippen LogP) is 2.39. The summed E-state index contributed by atoms with van der Waals surface area (Å²) in [5.74, 6) is 0.841. The first-order chi connectivity index (χ1) is 9.25. The molecule has 4 heteroatoms. The van der Waals surface area contributed by atoms with Gasteiger partial charge in [0.1, 0.15) is 5.60 Å². The molecular weight excluding hydrogens is 238 g/mol. The highest BCUT2D eigenvalue weighted by atomic mass is 16.5. The molecule has 0 atom stereocenters. The van der Waals surface area contributed by atoms with Crippen LogP contribution < -0.4 is 10.1 Å². The summed E-state index contributed by atoms with van der Waals surface area (Å²) in [5.41, 5.74) is 0.975. The van der Waals surface area contributed by atoms with E-state index < -0.39 is 0 Å². The van der Waals surface area contributed by atoms with Gasteiger partial charge in [-0.25, -0.2) is 4.68 Å². The van der Waals surface area contributed by atoms with Crippen molar-refractivity contribution >= 4 is 0 Å². The van der Waals surface area contributed by atoms with Gasteiger partial charge in [0, 0.05) is 0 Å². The van der Waals surface area contributed by atoms with Crippen molar-refractivity contribution in [2.24, 2.45) is 0 Å². The molecule has 4 nitrogen and oxygen atoms in total. The normalized spacial score (nSPS) is 18.2. The number of aromatic nitrogens is 2. The second-order valence-electron chi connectivity index (χ2n) is 5.26. The van der Waals surface area contributed by atoms with Gasteiger partial charge in [0.15, 0.2) is 5.75 Å². The lowest BCUT2D eigenvalue weighted by atomic mass is 9.94. The third-order valence-electron chi connectivity index (χ3n) is 3.61. The highest BCUT2D eigenvalue weighted by molar-refractivity contribution is 5.32. The molecule has 1 N–H and O–H groups in total. The van der Waals surface area contributed by atoms with Gasteiger partial charge in [-0.3, -0.25) is 0 Å². The van der Waals surface area contributed by atoms with Crippen molar-refractivity contribution in [3.8, 4) is 11.4 Å². The van der Waals surface area contributed by atoms with Crippen LogP contribution >= 0.6 is 0 Å². The van der Waals surface area contributed by atoms with Crippen molar-refractivity contribution in [2.75, 3.05) is 13.1 Å². The molecule has 0 aliphatic carbocycles. The largest absolute Gasteiger partial charge is 0.484 e. The van der Waals surface area contributed by atoms with E-state index in [4.69, 9.17) is 4.74 Å². The first-order valence-corrected chi connectivity index (χ1v) is 6.75. The van der Waals surface area contributed by atoms with Gasteiger partial charge in [-0.15, -0.1) is 0 Å². The van der Waals surface area contributed by atoms with Crippen LogP contribution in [0.1, 0.15) is 19.8 Å². The average molecular weight is 257 g/mol. The quantitative estimate of drug-likeness (QED) is 0.917. The van der Waals surface area contributed by atoms with Crippen molar-refractivity contribution in [1.29, 1.82) is 0 Å². The summed E-state index contributed by atoms with van der Waals surface area (Å²) in [4.78, 5) is 0. The zero-order valence-corrected chi connectivity index (χ0v) is 11.2. The Hall–Kier alpha value is -1.81. The maximum Gasteiger partial charge on any atom is 0.158 e. The van der Waals surface area contributed by atoms with Crippen molar-refractivity contribution in [3.63, 3.8) is 0 Å². The summed E-state index contributed by atoms with van der Waals surface area (Å²) in [7, 11) is 0. The van der Waals surface area contributed by atoms with Crippen LogP contribution in [-0.2, 0) is 0 Å². The van der Waals surface area contributed by atoms with E-state index in [1.807, 2.05) is 41.2 Å². The van der Waals surface area contributed by atoms with Gasteiger partial charge in [-0.1, -0.05) is 18.2 Å². The monoisotopic (exact) mass is 257 g/mol. The number of nitrogens with zero attached hydrogens (tertiary/aromatic N) is 2. The fourth-order valence-electron chi connectivity index (χ4n) is 2.42. The molecule has 0 bridgehead atoms. The molecular formula is C15H19N3O. The van der Waals surface area contributed by atoms with E-state index in [9.17, 15) is 0 Å². The molecule has 0 unspecified atom stereocenters. The van der Waals surface area contributed by atoms with Crippen LogP contribution in [0.4, 0.5) is 0 Å². The molecule has 3 rings (SSSR count). The van der Waals surface area contributed by atoms with Gasteiger partial charge in [0.25, 0.3) is 0 Å². The van der Waals surface area contributed by atoms with Gasteiger partial charge in [0.2, 0.25) is 0 Å². The Kier molecular flexibility index (Phi) is 3.25. The molecule has 0 amide bonds. The minimum absolute atomic E-state index is 0.0736. The summed E-state index contributed by atoms with van der Waals surface area (Å²) in [6, 6.07) is 10.1. The summed E-state index contributed by atoms with van der Waals surface area (Å²) >= 11 is 0. The Morgan fingerprint density at radius 3 is 2.68 bits per heavy atom. The van der Waals surface area contributed by atoms with E-state index in [2.05, 4.69) is 17.3 Å². The Morgan fingerprint density at radius 1 is 1.21 bits per heavy atom. The molecule has 100 valence electrons. The Balaban J connectivity index is 1.75. The van der Waals surface area contributed by atoms with Crippen LogP contribution in [0.25, 0.3) is 5.69 Å². The molecule has 1 fully saturated rings. The molecule has 1 aliphatic heterocycles. The molecule has 1 aromatic carbocycles. The van der Waals surface area contributed by atoms with Crippen molar-refractivity contribution in [1.82, 2.24) is 15.1 Å².